The molecule has 20 heavy (non-hydrogen) atoms. The van der Waals surface area contributed by atoms with Crippen LogP contribution < -0.4 is 10.2 Å². The van der Waals surface area contributed by atoms with Crippen LogP contribution in [0.15, 0.2) is 18.2 Å². The van der Waals surface area contributed by atoms with E-state index in [1.54, 1.807) is 0 Å². The first kappa shape index (κ1) is 14.2. The van der Waals surface area contributed by atoms with Crippen LogP contribution in [-0.2, 0) is 11.3 Å². The van der Waals surface area contributed by atoms with Crippen molar-refractivity contribution in [2.45, 2.75) is 44.9 Å². The molecule has 1 saturated heterocycles. The number of nitrogens with zero attached hydrogens (tertiary/aromatic N) is 1. The number of nitrogens with one attached hydrogen (secondary N) is 1. The molecule has 0 bridgehead atoms. The summed E-state index contributed by atoms with van der Waals surface area (Å²) in [5.74, 6) is 0. The fraction of sp³-hybridized carbons (Fsp3) is 0.625. The summed E-state index contributed by atoms with van der Waals surface area (Å²) in [7, 11) is 0. The zero-order chi connectivity index (χ0) is 13.9. The van der Waals surface area contributed by atoms with E-state index in [4.69, 9.17) is 16.3 Å². The van der Waals surface area contributed by atoms with Crippen molar-refractivity contribution in [2.75, 3.05) is 24.6 Å². The Morgan fingerprint density at radius 1 is 1.40 bits per heavy atom. The Morgan fingerprint density at radius 3 is 3.05 bits per heavy atom. The molecule has 1 N–H and O–H groups in total. The van der Waals surface area contributed by atoms with Crippen molar-refractivity contribution in [2.24, 2.45) is 0 Å². The van der Waals surface area contributed by atoms with E-state index >= 15 is 0 Å². The predicted octanol–water partition coefficient (Wildman–Crippen LogP) is 3.21. The van der Waals surface area contributed by atoms with E-state index < -0.39 is 0 Å². The predicted molar refractivity (Wildman–Crippen MR) is 83.6 cm³/mol. The van der Waals surface area contributed by atoms with E-state index in [1.165, 1.54) is 24.1 Å². The maximum absolute atomic E-state index is 6.43. The molecule has 1 aliphatic heterocycles. The number of rotatable bonds is 4. The number of halogens is 1. The third kappa shape index (κ3) is 3.46. The van der Waals surface area contributed by atoms with Gasteiger partial charge in [-0.15, -0.1) is 0 Å². The molecule has 1 heterocycles. The van der Waals surface area contributed by atoms with Crippen LogP contribution in [0.3, 0.4) is 0 Å². The SMILES string of the molecule is CC1CN(c2cccc(Cl)c2CNC2CC2)CCCO1. The molecule has 2 aliphatic rings. The van der Waals surface area contributed by atoms with Crippen LogP contribution in [0.4, 0.5) is 5.69 Å². The second-order valence-corrected chi connectivity index (χ2v) is 6.28. The van der Waals surface area contributed by atoms with Gasteiger partial charge in [-0.2, -0.15) is 0 Å². The van der Waals surface area contributed by atoms with Crippen molar-refractivity contribution < 1.29 is 4.74 Å². The van der Waals surface area contributed by atoms with E-state index in [9.17, 15) is 0 Å². The Labute approximate surface area is 126 Å². The average molecular weight is 295 g/mol. The molecular formula is C16H23ClN2O. The van der Waals surface area contributed by atoms with Crippen LogP contribution in [0.25, 0.3) is 0 Å². The first-order valence-corrected chi connectivity index (χ1v) is 7.99. The first-order chi connectivity index (χ1) is 9.74. The Morgan fingerprint density at radius 2 is 2.25 bits per heavy atom. The number of benzene rings is 1. The van der Waals surface area contributed by atoms with Crippen LogP contribution in [0.1, 0.15) is 31.7 Å². The molecule has 1 aromatic rings. The van der Waals surface area contributed by atoms with Crippen molar-refractivity contribution in [3.63, 3.8) is 0 Å². The second-order valence-electron chi connectivity index (χ2n) is 5.87. The zero-order valence-corrected chi connectivity index (χ0v) is 12.8. The maximum Gasteiger partial charge on any atom is 0.0721 e. The summed E-state index contributed by atoms with van der Waals surface area (Å²) < 4.78 is 5.74. The summed E-state index contributed by atoms with van der Waals surface area (Å²) in [6.07, 6.45) is 3.95. The highest BCUT2D eigenvalue weighted by atomic mass is 35.5. The van der Waals surface area contributed by atoms with Crippen LogP contribution >= 0.6 is 11.6 Å². The topological polar surface area (TPSA) is 24.5 Å². The quantitative estimate of drug-likeness (QED) is 0.923. The number of ether oxygens (including phenoxy) is 1. The van der Waals surface area contributed by atoms with Gasteiger partial charge in [-0.1, -0.05) is 17.7 Å². The highest BCUT2D eigenvalue weighted by Crippen LogP contribution is 2.30. The van der Waals surface area contributed by atoms with Gasteiger partial charge in [0.2, 0.25) is 0 Å². The lowest BCUT2D eigenvalue weighted by atomic mass is 10.1. The fourth-order valence-electron chi connectivity index (χ4n) is 2.77. The van der Waals surface area contributed by atoms with Crippen molar-refractivity contribution in [3.8, 4) is 0 Å². The van der Waals surface area contributed by atoms with Gasteiger partial charge in [0.1, 0.15) is 0 Å². The minimum absolute atomic E-state index is 0.278. The van der Waals surface area contributed by atoms with E-state index in [0.717, 1.165) is 37.7 Å². The first-order valence-electron chi connectivity index (χ1n) is 7.61. The van der Waals surface area contributed by atoms with E-state index in [2.05, 4.69) is 29.3 Å². The Kier molecular flexibility index (Phi) is 4.49. The van der Waals surface area contributed by atoms with Gasteiger partial charge in [0.25, 0.3) is 0 Å². The Bertz CT molecular complexity index is 462. The van der Waals surface area contributed by atoms with Crippen LogP contribution in [-0.4, -0.2) is 31.8 Å². The lowest BCUT2D eigenvalue weighted by Crippen LogP contribution is -2.31. The van der Waals surface area contributed by atoms with E-state index in [-0.39, 0.29) is 6.10 Å². The van der Waals surface area contributed by atoms with Gasteiger partial charge < -0.3 is 15.0 Å². The summed E-state index contributed by atoms with van der Waals surface area (Å²) in [4.78, 5) is 2.42. The summed E-state index contributed by atoms with van der Waals surface area (Å²) in [5.41, 5.74) is 2.50. The molecule has 3 nitrogen and oxygen atoms in total. The molecule has 0 spiro atoms. The molecule has 4 heteroatoms. The minimum Gasteiger partial charge on any atom is -0.377 e. The number of anilines is 1. The normalized spacial score (nSPS) is 23.7. The molecule has 1 unspecified atom stereocenters. The smallest absolute Gasteiger partial charge is 0.0721 e. The molecule has 0 radical (unpaired) electrons. The summed E-state index contributed by atoms with van der Waals surface area (Å²) in [6.45, 7) is 5.85. The lowest BCUT2D eigenvalue weighted by Gasteiger charge is -2.27. The third-order valence-electron chi connectivity index (χ3n) is 4.03. The van der Waals surface area contributed by atoms with Crippen molar-refractivity contribution in [1.82, 2.24) is 5.32 Å². The molecule has 1 saturated carbocycles. The summed E-state index contributed by atoms with van der Waals surface area (Å²) in [6, 6.07) is 6.93. The van der Waals surface area contributed by atoms with Gasteiger partial charge in [-0.05, 0) is 38.3 Å². The second kappa shape index (κ2) is 6.33. The van der Waals surface area contributed by atoms with Gasteiger partial charge in [0.15, 0.2) is 0 Å². The van der Waals surface area contributed by atoms with Gasteiger partial charge in [0.05, 0.1) is 6.10 Å². The Hall–Kier alpha value is -0.770. The molecule has 2 fully saturated rings. The Balaban J connectivity index is 1.80. The van der Waals surface area contributed by atoms with Crippen molar-refractivity contribution in [1.29, 1.82) is 0 Å². The van der Waals surface area contributed by atoms with E-state index in [1.807, 2.05) is 6.07 Å². The van der Waals surface area contributed by atoms with Crippen LogP contribution in [0, 0.1) is 0 Å². The fourth-order valence-corrected chi connectivity index (χ4v) is 3.00. The van der Waals surface area contributed by atoms with Crippen LogP contribution in [0.5, 0.6) is 0 Å². The molecular weight excluding hydrogens is 272 g/mol. The molecule has 0 aromatic heterocycles. The zero-order valence-electron chi connectivity index (χ0n) is 12.1. The highest BCUT2D eigenvalue weighted by Gasteiger charge is 2.23. The summed E-state index contributed by atoms with van der Waals surface area (Å²) in [5, 5.41) is 4.45. The molecule has 3 rings (SSSR count). The molecule has 110 valence electrons. The minimum atomic E-state index is 0.278. The van der Waals surface area contributed by atoms with Gasteiger partial charge in [-0.25, -0.2) is 0 Å². The van der Waals surface area contributed by atoms with Crippen molar-refractivity contribution >= 4 is 17.3 Å². The lowest BCUT2D eigenvalue weighted by molar-refractivity contribution is 0.0821. The van der Waals surface area contributed by atoms with Gasteiger partial charge in [-0.3, -0.25) is 0 Å². The standard InChI is InChI=1S/C16H23ClN2O/c1-12-11-19(8-3-9-20-12)16-5-2-4-15(17)14(16)10-18-13-6-7-13/h2,4-5,12-13,18H,3,6-11H2,1H3. The average Bonchev–Trinajstić information content (AvgIpc) is 3.25. The molecule has 1 aliphatic carbocycles. The highest BCUT2D eigenvalue weighted by molar-refractivity contribution is 6.31. The molecule has 1 aromatic carbocycles. The van der Waals surface area contributed by atoms with Crippen LogP contribution in [0.2, 0.25) is 5.02 Å². The number of hydrogen-bond acceptors (Lipinski definition) is 3. The van der Waals surface area contributed by atoms with Crippen molar-refractivity contribution in [3.05, 3.63) is 28.8 Å². The summed E-state index contributed by atoms with van der Waals surface area (Å²) >= 11 is 6.43. The molecule has 0 amide bonds. The maximum atomic E-state index is 6.43. The van der Waals surface area contributed by atoms with Gasteiger partial charge in [0, 0.05) is 48.6 Å². The molecule has 1 atom stereocenters. The van der Waals surface area contributed by atoms with Gasteiger partial charge >= 0.3 is 0 Å². The largest absolute Gasteiger partial charge is 0.377 e. The number of hydrogen-bond donors (Lipinski definition) is 1. The monoisotopic (exact) mass is 294 g/mol. The third-order valence-corrected chi connectivity index (χ3v) is 4.39. The van der Waals surface area contributed by atoms with E-state index in [0.29, 0.717) is 6.04 Å².